The van der Waals surface area contributed by atoms with E-state index >= 15 is 0 Å². The fourth-order valence-electron chi connectivity index (χ4n) is 2.98. The number of alkyl halides is 3. The molecule has 1 unspecified atom stereocenters. The molecule has 1 fully saturated rings. The van der Waals surface area contributed by atoms with Crippen molar-refractivity contribution >= 4 is 11.9 Å². The molecule has 1 aliphatic rings. The van der Waals surface area contributed by atoms with E-state index in [4.69, 9.17) is 4.74 Å². The van der Waals surface area contributed by atoms with Crippen molar-refractivity contribution in [2.24, 2.45) is 4.99 Å². The highest BCUT2D eigenvalue weighted by molar-refractivity contribution is 5.80. The molecule has 1 aromatic carbocycles. The summed E-state index contributed by atoms with van der Waals surface area (Å²) >= 11 is 0. The van der Waals surface area contributed by atoms with Gasteiger partial charge >= 0.3 is 6.18 Å². The van der Waals surface area contributed by atoms with Crippen LogP contribution in [0.3, 0.4) is 0 Å². The minimum atomic E-state index is -4.46. The molecule has 0 aliphatic carbocycles. The van der Waals surface area contributed by atoms with Crippen LogP contribution in [0.5, 0.6) is 5.75 Å². The van der Waals surface area contributed by atoms with Crippen molar-refractivity contribution in [2.75, 3.05) is 32.8 Å². The molecule has 28 heavy (non-hydrogen) atoms. The summed E-state index contributed by atoms with van der Waals surface area (Å²) in [4.78, 5) is 17.9. The summed E-state index contributed by atoms with van der Waals surface area (Å²) in [6.45, 7) is 5.96. The van der Waals surface area contributed by atoms with E-state index in [1.165, 1.54) is 18.2 Å². The first-order valence-electron chi connectivity index (χ1n) is 9.46. The predicted molar refractivity (Wildman–Crippen MR) is 101 cm³/mol. The van der Waals surface area contributed by atoms with Crippen LogP contribution < -0.4 is 15.4 Å². The number of hydrogen-bond acceptors (Lipinski definition) is 3. The van der Waals surface area contributed by atoms with Gasteiger partial charge in [0.1, 0.15) is 12.4 Å². The Labute approximate surface area is 163 Å². The van der Waals surface area contributed by atoms with Gasteiger partial charge in [0.05, 0.1) is 12.1 Å². The Kier molecular flexibility index (Phi) is 7.95. The molecule has 0 radical (unpaired) electrons. The Balaban J connectivity index is 1.88. The molecule has 1 saturated heterocycles. The molecule has 0 aromatic heterocycles. The number of benzene rings is 1. The molecule has 2 N–H and O–H groups in total. The van der Waals surface area contributed by atoms with E-state index in [-0.39, 0.29) is 30.9 Å². The van der Waals surface area contributed by atoms with Crippen molar-refractivity contribution in [1.82, 2.24) is 15.5 Å². The predicted octanol–water partition coefficient (Wildman–Crippen LogP) is 2.65. The van der Waals surface area contributed by atoms with Crippen LogP contribution >= 0.6 is 0 Å². The molecule has 9 heteroatoms. The van der Waals surface area contributed by atoms with E-state index in [0.717, 1.165) is 12.5 Å². The second-order valence-electron chi connectivity index (χ2n) is 6.43. The number of guanidine groups is 1. The largest absolute Gasteiger partial charge is 0.491 e. The number of amides is 1. The number of ether oxygens (including phenoxy) is 1. The summed E-state index contributed by atoms with van der Waals surface area (Å²) in [5.74, 6) is 0.488. The SMILES string of the molecule is CCNC(=NCCOc1ccccc1C(F)(F)F)NC1CCN(C(=O)CC)C1. The normalized spacial score (nSPS) is 17.5. The Hall–Kier alpha value is -2.45. The summed E-state index contributed by atoms with van der Waals surface area (Å²) in [5.41, 5.74) is -0.796. The van der Waals surface area contributed by atoms with Gasteiger partial charge in [0.15, 0.2) is 5.96 Å². The molecule has 0 bridgehead atoms. The van der Waals surface area contributed by atoms with Crippen molar-refractivity contribution in [3.05, 3.63) is 29.8 Å². The Morgan fingerprint density at radius 3 is 2.75 bits per heavy atom. The first-order chi connectivity index (χ1) is 13.3. The zero-order valence-corrected chi connectivity index (χ0v) is 16.2. The van der Waals surface area contributed by atoms with Gasteiger partial charge in [-0.25, -0.2) is 4.99 Å². The van der Waals surface area contributed by atoms with E-state index < -0.39 is 11.7 Å². The highest BCUT2D eigenvalue weighted by Gasteiger charge is 2.34. The van der Waals surface area contributed by atoms with Crippen LogP contribution in [0.15, 0.2) is 29.3 Å². The average Bonchev–Trinajstić information content (AvgIpc) is 3.12. The molecular formula is C19H27F3N4O2. The minimum absolute atomic E-state index is 0.0226. The fraction of sp³-hybridized carbons (Fsp3) is 0.579. The third-order valence-electron chi connectivity index (χ3n) is 4.34. The van der Waals surface area contributed by atoms with E-state index in [2.05, 4.69) is 15.6 Å². The molecule has 1 amide bonds. The van der Waals surface area contributed by atoms with Crippen molar-refractivity contribution < 1.29 is 22.7 Å². The molecule has 2 rings (SSSR count). The number of para-hydroxylation sites is 1. The maximum Gasteiger partial charge on any atom is 0.419 e. The van der Waals surface area contributed by atoms with Crippen LogP contribution in [0.2, 0.25) is 0 Å². The number of nitrogens with zero attached hydrogens (tertiary/aromatic N) is 2. The minimum Gasteiger partial charge on any atom is -0.491 e. The van der Waals surface area contributed by atoms with Gasteiger partial charge in [-0.15, -0.1) is 0 Å². The van der Waals surface area contributed by atoms with Crippen LogP contribution in [0.4, 0.5) is 13.2 Å². The van der Waals surface area contributed by atoms with Gasteiger partial charge in [-0.3, -0.25) is 4.79 Å². The van der Waals surface area contributed by atoms with Crippen molar-refractivity contribution in [1.29, 1.82) is 0 Å². The van der Waals surface area contributed by atoms with Gasteiger partial charge in [-0.05, 0) is 25.5 Å². The van der Waals surface area contributed by atoms with E-state index in [9.17, 15) is 18.0 Å². The maximum absolute atomic E-state index is 13.0. The molecule has 1 aromatic rings. The molecule has 1 aliphatic heterocycles. The number of rotatable bonds is 7. The van der Waals surface area contributed by atoms with Crippen molar-refractivity contribution in [2.45, 2.75) is 38.9 Å². The lowest BCUT2D eigenvalue weighted by atomic mass is 10.2. The lowest BCUT2D eigenvalue weighted by molar-refractivity contribution is -0.139. The first-order valence-corrected chi connectivity index (χ1v) is 9.46. The Morgan fingerprint density at radius 1 is 1.32 bits per heavy atom. The van der Waals surface area contributed by atoms with Crippen LogP contribution in [0.25, 0.3) is 0 Å². The average molecular weight is 400 g/mol. The van der Waals surface area contributed by atoms with Crippen LogP contribution in [0.1, 0.15) is 32.3 Å². The zero-order chi connectivity index (χ0) is 20.6. The van der Waals surface area contributed by atoms with Crippen molar-refractivity contribution in [3.63, 3.8) is 0 Å². The van der Waals surface area contributed by atoms with Gasteiger partial charge in [0.2, 0.25) is 5.91 Å². The summed E-state index contributed by atoms with van der Waals surface area (Å²) in [6, 6.07) is 5.22. The van der Waals surface area contributed by atoms with Gasteiger partial charge in [0.25, 0.3) is 0 Å². The first kappa shape index (κ1) is 21.8. The second kappa shape index (κ2) is 10.2. The molecule has 6 nitrogen and oxygen atoms in total. The summed E-state index contributed by atoms with van der Waals surface area (Å²) in [7, 11) is 0. The van der Waals surface area contributed by atoms with Gasteiger partial charge in [-0.2, -0.15) is 13.2 Å². The number of carbonyl (C=O) groups is 1. The number of hydrogen-bond donors (Lipinski definition) is 2. The maximum atomic E-state index is 13.0. The number of carbonyl (C=O) groups excluding carboxylic acids is 1. The van der Waals surface area contributed by atoms with Gasteiger partial charge < -0.3 is 20.3 Å². The quantitative estimate of drug-likeness (QED) is 0.420. The number of nitrogens with one attached hydrogen (secondary N) is 2. The topological polar surface area (TPSA) is 66.0 Å². The highest BCUT2D eigenvalue weighted by atomic mass is 19.4. The molecule has 0 spiro atoms. The number of likely N-dealkylation sites (tertiary alicyclic amines) is 1. The molecule has 0 saturated carbocycles. The molecular weight excluding hydrogens is 373 g/mol. The Morgan fingerprint density at radius 2 is 2.07 bits per heavy atom. The van der Waals surface area contributed by atoms with Crippen LogP contribution in [0, 0.1) is 0 Å². The Bertz CT molecular complexity index is 679. The third-order valence-corrected chi connectivity index (χ3v) is 4.34. The van der Waals surface area contributed by atoms with Crippen LogP contribution in [-0.4, -0.2) is 55.6 Å². The standard InChI is InChI=1S/C19H27F3N4O2/c1-3-17(27)26-11-9-14(13-26)25-18(23-4-2)24-10-12-28-16-8-6-5-7-15(16)19(20,21)22/h5-8,14H,3-4,9-13H2,1-2H3,(H2,23,24,25). The van der Waals surface area contributed by atoms with E-state index in [0.29, 0.717) is 32.0 Å². The smallest absolute Gasteiger partial charge is 0.419 e. The monoisotopic (exact) mass is 400 g/mol. The van der Waals surface area contributed by atoms with Gasteiger partial charge in [-0.1, -0.05) is 19.1 Å². The summed E-state index contributed by atoms with van der Waals surface area (Å²) < 4.78 is 44.2. The lowest BCUT2D eigenvalue weighted by Gasteiger charge is -2.18. The van der Waals surface area contributed by atoms with Crippen LogP contribution in [-0.2, 0) is 11.0 Å². The van der Waals surface area contributed by atoms with E-state index in [1.807, 2.05) is 18.7 Å². The molecule has 1 atom stereocenters. The summed E-state index contributed by atoms with van der Waals surface area (Å²) in [6.07, 6.45) is -3.15. The fourth-order valence-corrected chi connectivity index (χ4v) is 2.98. The van der Waals surface area contributed by atoms with Gasteiger partial charge in [0, 0.05) is 32.1 Å². The molecule has 1 heterocycles. The lowest BCUT2D eigenvalue weighted by Crippen LogP contribution is -2.45. The van der Waals surface area contributed by atoms with Crippen molar-refractivity contribution in [3.8, 4) is 5.75 Å². The third kappa shape index (κ3) is 6.31. The highest BCUT2D eigenvalue weighted by Crippen LogP contribution is 2.35. The zero-order valence-electron chi connectivity index (χ0n) is 16.2. The molecule has 156 valence electrons. The second-order valence-corrected chi connectivity index (χ2v) is 6.43. The van der Waals surface area contributed by atoms with E-state index in [1.54, 1.807) is 0 Å². The number of halogens is 3. The summed E-state index contributed by atoms with van der Waals surface area (Å²) in [5, 5.41) is 6.37. The number of aliphatic imine (C=N–C) groups is 1.